The minimum atomic E-state index is -2.95. The average Bonchev–Trinajstić information content (AvgIpc) is 3.40. The number of amides is 1. The van der Waals surface area contributed by atoms with E-state index in [9.17, 15) is 13.6 Å². The summed E-state index contributed by atoms with van der Waals surface area (Å²) in [5, 5.41) is 0. The molecule has 1 fully saturated rings. The Morgan fingerprint density at radius 2 is 1.96 bits per heavy atom. The summed E-state index contributed by atoms with van der Waals surface area (Å²) in [4.78, 5) is 18.1. The molecule has 2 aromatic rings. The first-order valence-electron chi connectivity index (χ1n) is 7.93. The maximum Gasteiger partial charge on any atom is 0.387 e. The van der Waals surface area contributed by atoms with E-state index >= 15 is 0 Å². The summed E-state index contributed by atoms with van der Waals surface area (Å²) >= 11 is 0. The van der Waals surface area contributed by atoms with Crippen LogP contribution >= 0.6 is 0 Å². The van der Waals surface area contributed by atoms with E-state index < -0.39 is 6.61 Å². The Balaban J connectivity index is 1.76. The number of nitrogens with zero attached hydrogens (tertiary/aromatic N) is 2. The minimum absolute atomic E-state index is 0.0000714. The van der Waals surface area contributed by atoms with Crippen molar-refractivity contribution in [1.82, 2.24) is 9.88 Å². The van der Waals surface area contributed by atoms with Crippen molar-refractivity contribution in [3.63, 3.8) is 0 Å². The highest BCUT2D eigenvalue weighted by atomic mass is 19.3. The Morgan fingerprint density at radius 3 is 2.60 bits per heavy atom. The van der Waals surface area contributed by atoms with Crippen molar-refractivity contribution in [1.29, 1.82) is 0 Å². The lowest BCUT2D eigenvalue weighted by Crippen LogP contribution is -2.26. The number of carbonyl (C=O) groups is 1. The van der Waals surface area contributed by atoms with E-state index in [1.807, 2.05) is 12.1 Å². The normalized spacial score (nSPS) is 13.6. The second-order valence-corrected chi connectivity index (χ2v) is 5.87. The zero-order chi connectivity index (χ0) is 17.8. The van der Waals surface area contributed by atoms with Crippen LogP contribution in [0.5, 0.6) is 11.5 Å². The lowest BCUT2D eigenvalue weighted by molar-refractivity contribution is -0.0516. The molecule has 1 heterocycles. The lowest BCUT2D eigenvalue weighted by Gasteiger charge is -2.19. The molecule has 0 aliphatic heterocycles. The van der Waals surface area contributed by atoms with E-state index in [4.69, 9.17) is 4.74 Å². The van der Waals surface area contributed by atoms with Gasteiger partial charge in [0.2, 0.25) is 0 Å². The standard InChI is InChI=1S/C18H18F2N2O3/c1-22(11-12-6-8-21-9-7-12)17(23)13-2-5-15(25-18(19)20)16(10-13)24-14-3-4-14/h2,5-10,14,18H,3-4,11H2,1H3. The first-order chi connectivity index (χ1) is 12.0. The van der Waals surface area contributed by atoms with Crippen molar-refractivity contribution in [3.8, 4) is 11.5 Å². The summed E-state index contributed by atoms with van der Waals surface area (Å²) in [5.41, 5.74) is 1.30. The van der Waals surface area contributed by atoms with Gasteiger partial charge in [-0.25, -0.2) is 0 Å². The number of pyridine rings is 1. The highest BCUT2D eigenvalue weighted by Crippen LogP contribution is 2.35. The highest BCUT2D eigenvalue weighted by molar-refractivity contribution is 5.94. The summed E-state index contributed by atoms with van der Waals surface area (Å²) in [6, 6.07) is 7.91. The van der Waals surface area contributed by atoms with E-state index in [0.29, 0.717) is 12.1 Å². The predicted molar refractivity (Wildman–Crippen MR) is 86.8 cm³/mol. The van der Waals surface area contributed by atoms with Crippen LogP contribution in [0.2, 0.25) is 0 Å². The van der Waals surface area contributed by atoms with Crippen LogP contribution in [0.3, 0.4) is 0 Å². The van der Waals surface area contributed by atoms with Crippen molar-refractivity contribution >= 4 is 5.91 Å². The molecule has 1 aliphatic rings. The zero-order valence-electron chi connectivity index (χ0n) is 13.7. The quantitative estimate of drug-likeness (QED) is 0.768. The number of ether oxygens (including phenoxy) is 2. The monoisotopic (exact) mass is 348 g/mol. The molecular formula is C18H18F2N2O3. The van der Waals surface area contributed by atoms with Gasteiger partial charge in [0.25, 0.3) is 5.91 Å². The topological polar surface area (TPSA) is 51.7 Å². The third-order valence-corrected chi connectivity index (χ3v) is 3.74. The summed E-state index contributed by atoms with van der Waals surface area (Å²) in [6.45, 7) is -2.53. The van der Waals surface area contributed by atoms with Crippen LogP contribution in [0.15, 0.2) is 42.7 Å². The van der Waals surface area contributed by atoms with Gasteiger partial charge in [0.1, 0.15) is 0 Å². The number of benzene rings is 1. The Bertz CT molecular complexity index is 736. The molecule has 0 radical (unpaired) electrons. The number of hydrogen-bond acceptors (Lipinski definition) is 4. The van der Waals surface area contributed by atoms with Gasteiger partial charge in [-0.05, 0) is 48.7 Å². The molecule has 0 atom stereocenters. The van der Waals surface area contributed by atoms with Crippen molar-refractivity contribution in [3.05, 3.63) is 53.9 Å². The van der Waals surface area contributed by atoms with Crippen LogP contribution < -0.4 is 9.47 Å². The molecular weight excluding hydrogens is 330 g/mol. The van der Waals surface area contributed by atoms with Crippen molar-refractivity contribution in [2.45, 2.75) is 32.1 Å². The Morgan fingerprint density at radius 1 is 1.24 bits per heavy atom. The molecule has 1 aliphatic carbocycles. The van der Waals surface area contributed by atoms with Crippen LogP contribution in [0.4, 0.5) is 8.78 Å². The van der Waals surface area contributed by atoms with Crippen molar-refractivity contribution in [2.75, 3.05) is 7.05 Å². The smallest absolute Gasteiger partial charge is 0.387 e. The third-order valence-electron chi connectivity index (χ3n) is 3.74. The molecule has 1 aromatic heterocycles. The summed E-state index contributed by atoms with van der Waals surface area (Å²) in [7, 11) is 1.67. The van der Waals surface area contributed by atoms with Gasteiger partial charge >= 0.3 is 6.61 Å². The fraction of sp³-hybridized carbons (Fsp3) is 0.333. The molecule has 5 nitrogen and oxygen atoms in total. The highest BCUT2D eigenvalue weighted by Gasteiger charge is 2.26. The molecule has 132 valence electrons. The minimum Gasteiger partial charge on any atom is -0.487 e. The maximum atomic E-state index is 12.6. The molecule has 1 amide bonds. The second kappa shape index (κ2) is 7.46. The summed E-state index contributed by atoms with van der Waals surface area (Å²) < 4.78 is 35.1. The van der Waals surface area contributed by atoms with Crippen molar-refractivity contribution in [2.24, 2.45) is 0 Å². The molecule has 0 saturated heterocycles. The second-order valence-electron chi connectivity index (χ2n) is 5.87. The van der Waals surface area contributed by atoms with Crippen molar-refractivity contribution < 1.29 is 23.0 Å². The largest absolute Gasteiger partial charge is 0.487 e. The molecule has 0 N–H and O–H groups in total. The fourth-order valence-corrected chi connectivity index (χ4v) is 2.35. The van der Waals surface area contributed by atoms with Gasteiger partial charge < -0.3 is 14.4 Å². The van der Waals surface area contributed by atoms with Gasteiger partial charge in [-0.3, -0.25) is 9.78 Å². The SMILES string of the molecule is CN(Cc1ccncc1)C(=O)c1ccc(OC(F)F)c(OC2CC2)c1. The summed E-state index contributed by atoms with van der Waals surface area (Å²) in [5.74, 6) is -0.123. The third kappa shape index (κ3) is 4.65. The number of halogens is 2. The first-order valence-corrected chi connectivity index (χ1v) is 7.93. The molecule has 3 rings (SSSR count). The molecule has 1 saturated carbocycles. The van der Waals surface area contributed by atoms with Gasteiger partial charge in [-0.1, -0.05) is 0 Å². The molecule has 25 heavy (non-hydrogen) atoms. The molecule has 7 heteroatoms. The number of rotatable bonds is 7. The maximum absolute atomic E-state index is 12.6. The predicted octanol–water partition coefficient (Wildman–Crippen LogP) is 3.50. The molecule has 0 bridgehead atoms. The lowest BCUT2D eigenvalue weighted by atomic mass is 10.1. The van der Waals surface area contributed by atoms with Crippen LogP contribution in [0.1, 0.15) is 28.8 Å². The van der Waals surface area contributed by atoms with Gasteiger partial charge in [-0.15, -0.1) is 0 Å². The van der Waals surface area contributed by atoms with E-state index in [1.165, 1.54) is 18.2 Å². The number of aromatic nitrogens is 1. The van der Waals surface area contributed by atoms with E-state index in [2.05, 4.69) is 9.72 Å². The Labute approximate surface area is 144 Å². The fourth-order valence-electron chi connectivity index (χ4n) is 2.35. The van der Waals surface area contributed by atoms with Crippen LogP contribution in [-0.2, 0) is 6.54 Å². The van der Waals surface area contributed by atoms with Crippen LogP contribution in [0.25, 0.3) is 0 Å². The Hall–Kier alpha value is -2.70. The van der Waals surface area contributed by atoms with Gasteiger partial charge in [0.05, 0.1) is 6.10 Å². The van der Waals surface area contributed by atoms with Crippen LogP contribution in [-0.4, -0.2) is 35.6 Å². The summed E-state index contributed by atoms with van der Waals surface area (Å²) in [6.07, 6.45) is 5.06. The van der Waals surface area contributed by atoms with E-state index in [0.717, 1.165) is 18.4 Å². The molecule has 0 spiro atoms. The van der Waals surface area contributed by atoms with E-state index in [-0.39, 0.29) is 23.5 Å². The van der Waals surface area contributed by atoms with E-state index in [1.54, 1.807) is 24.3 Å². The van der Waals surface area contributed by atoms with Gasteiger partial charge in [-0.2, -0.15) is 8.78 Å². The molecule has 1 aromatic carbocycles. The zero-order valence-corrected chi connectivity index (χ0v) is 13.7. The van der Waals surface area contributed by atoms with Gasteiger partial charge in [0.15, 0.2) is 11.5 Å². The average molecular weight is 348 g/mol. The van der Waals surface area contributed by atoms with Gasteiger partial charge in [0, 0.05) is 31.5 Å². The number of carbonyl (C=O) groups excluding carboxylic acids is 1. The van der Waals surface area contributed by atoms with Crippen LogP contribution in [0, 0.1) is 0 Å². The number of alkyl halides is 2. The first kappa shape index (κ1) is 17.1. The molecule has 0 unspecified atom stereocenters. The number of hydrogen-bond donors (Lipinski definition) is 0. The Kier molecular flexibility index (Phi) is 5.11.